The van der Waals surface area contributed by atoms with E-state index >= 15 is 0 Å². The molecule has 0 aliphatic carbocycles. The molecule has 0 aliphatic heterocycles. The standard InChI is InChI=1S/C16H20F3N3O4/c1-10(2)22-15(25)20-7-11-3-5-12(6-4-11)14(24)26-8-13(23)21-9-16(17,18)19/h3-6,10H,7-9H2,1-2H3,(H,21,23)(H2,20,22,25). The van der Waals surface area contributed by atoms with Crippen LogP contribution in [0, 0.1) is 0 Å². The van der Waals surface area contributed by atoms with Gasteiger partial charge in [-0.15, -0.1) is 0 Å². The zero-order chi connectivity index (χ0) is 19.7. The van der Waals surface area contributed by atoms with Gasteiger partial charge in [-0.25, -0.2) is 9.59 Å². The normalized spacial score (nSPS) is 11.0. The van der Waals surface area contributed by atoms with Crippen molar-refractivity contribution in [2.75, 3.05) is 13.2 Å². The van der Waals surface area contributed by atoms with Crippen LogP contribution in [0.5, 0.6) is 0 Å². The fourth-order valence-electron chi connectivity index (χ4n) is 1.72. The lowest BCUT2D eigenvalue weighted by Gasteiger charge is -2.10. The van der Waals surface area contributed by atoms with Gasteiger partial charge >= 0.3 is 18.2 Å². The summed E-state index contributed by atoms with van der Waals surface area (Å²) >= 11 is 0. The van der Waals surface area contributed by atoms with Crippen molar-refractivity contribution in [2.24, 2.45) is 0 Å². The highest BCUT2D eigenvalue weighted by Gasteiger charge is 2.27. The largest absolute Gasteiger partial charge is 0.452 e. The Labute approximate surface area is 148 Å². The Kier molecular flexibility index (Phi) is 7.88. The lowest BCUT2D eigenvalue weighted by Crippen LogP contribution is -2.39. The number of urea groups is 1. The molecule has 0 spiro atoms. The van der Waals surface area contributed by atoms with Gasteiger partial charge in [0.25, 0.3) is 5.91 Å². The van der Waals surface area contributed by atoms with Gasteiger partial charge in [0.1, 0.15) is 6.54 Å². The van der Waals surface area contributed by atoms with E-state index in [0.717, 1.165) is 5.56 Å². The van der Waals surface area contributed by atoms with Crippen LogP contribution in [0.1, 0.15) is 29.8 Å². The summed E-state index contributed by atoms with van der Waals surface area (Å²) in [7, 11) is 0. The Bertz CT molecular complexity index is 631. The molecule has 0 radical (unpaired) electrons. The molecule has 0 bridgehead atoms. The molecule has 1 aromatic rings. The Morgan fingerprint density at radius 1 is 1.08 bits per heavy atom. The van der Waals surface area contributed by atoms with Crippen molar-refractivity contribution < 1.29 is 32.3 Å². The van der Waals surface area contributed by atoms with Crippen LogP contribution in [0.15, 0.2) is 24.3 Å². The third-order valence-electron chi connectivity index (χ3n) is 2.88. The monoisotopic (exact) mass is 375 g/mol. The van der Waals surface area contributed by atoms with Crippen LogP contribution in [-0.4, -0.2) is 43.3 Å². The van der Waals surface area contributed by atoms with Crippen molar-refractivity contribution in [3.8, 4) is 0 Å². The van der Waals surface area contributed by atoms with Gasteiger partial charge in [-0.2, -0.15) is 13.2 Å². The second-order valence-corrected chi connectivity index (χ2v) is 5.65. The maximum absolute atomic E-state index is 11.9. The molecule has 1 rings (SSSR count). The predicted molar refractivity (Wildman–Crippen MR) is 86.3 cm³/mol. The average Bonchev–Trinajstić information content (AvgIpc) is 2.55. The number of ether oxygens (including phenoxy) is 1. The number of halogens is 3. The maximum Gasteiger partial charge on any atom is 0.405 e. The molecule has 3 amide bonds. The van der Waals surface area contributed by atoms with Crippen molar-refractivity contribution >= 4 is 17.9 Å². The van der Waals surface area contributed by atoms with Gasteiger partial charge in [-0.3, -0.25) is 4.79 Å². The molecular formula is C16H20F3N3O4. The van der Waals surface area contributed by atoms with Gasteiger partial charge in [0, 0.05) is 12.6 Å². The molecule has 0 aliphatic rings. The molecule has 0 saturated carbocycles. The van der Waals surface area contributed by atoms with Gasteiger partial charge in [0.15, 0.2) is 6.61 Å². The number of alkyl halides is 3. The summed E-state index contributed by atoms with van der Waals surface area (Å²) in [6, 6.07) is 5.68. The molecule has 1 aromatic carbocycles. The van der Waals surface area contributed by atoms with Crippen LogP contribution in [0.4, 0.5) is 18.0 Å². The second-order valence-electron chi connectivity index (χ2n) is 5.65. The molecule has 0 saturated heterocycles. The minimum absolute atomic E-state index is 0.000443. The van der Waals surface area contributed by atoms with Crippen LogP contribution < -0.4 is 16.0 Å². The Morgan fingerprint density at radius 3 is 2.23 bits per heavy atom. The summed E-state index contributed by atoms with van der Waals surface area (Å²) in [5.74, 6) is -1.89. The lowest BCUT2D eigenvalue weighted by atomic mass is 10.1. The molecule has 7 nitrogen and oxygen atoms in total. The molecule has 0 atom stereocenters. The van der Waals surface area contributed by atoms with Crippen molar-refractivity contribution in [1.82, 2.24) is 16.0 Å². The first-order chi connectivity index (χ1) is 12.1. The maximum atomic E-state index is 11.9. The number of hydrogen-bond donors (Lipinski definition) is 3. The third-order valence-corrected chi connectivity index (χ3v) is 2.88. The number of carbonyl (C=O) groups excluding carboxylic acids is 3. The number of hydrogen-bond acceptors (Lipinski definition) is 4. The Hall–Kier alpha value is -2.78. The van der Waals surface area contributed by atoms with E-state index in [2.05, 4.69) is 15.4 Å². The highest BCUT2D eigenvalue weighted by molar-refractivity contribution is 5.91. The summed E-state index contributed by atoms with van der Waals surface area (Å²) in [5, 5.41) is 6.88. The molecule has 10 heteroatoms. The van der Waals surface area contributed by atoms with Crippen molar-refractivity contribution in [3.63, 3.8) is 0 Å². The number of nitrogens with one attached hydrogen (secondary N) is 3. The minimum atomic E-state index is -4.53. The number of benzene rings is 1. The topological polar surface area (TPSA) is 96.5 Å². The van der Waals surface area contributed by atoms with E-state index < -0.39 is 31.2 Å². The molecule has 3 N–H and O–H groups in total. The van der Waals surface area contributed by atoms with E-state index in [1.807, 2.05) is 13.8 Å². The Morgan fingerprint density at radius 2 is 1.69 bits per heavy atom. The highest BCUT2D eigenvalue weighted by Crippen LogP contribution is 2.12. The predicted octanol–water partition coefficient (Wildman–Crippen LogP) is 1.73. The summed E-state index contributed by atoms with van der Waals surface area (Å²) < 4.78 is 40.5. The smallest absolute Gasteiger partial charge is 0.405 e. The zero-order valence-electron chi connectivity index (χ0n) is 14.3. The SMILES string of the molecule is CC(C)NC(=O)NCc1ccc(C(=O)OCC(=O)NCC(F)(F)F)cc1. The van der Waals surface area contributed by atoms with Crippen LogP contribution in [-0.2, 0) is 16.1 Å². The van der Waals surface area contributed by atoms with Crippen molar-refractivity contribution in [1.29, 1.82) is 0 Å². The van der Waals surface area contributed by atoms with E-state index in [9.17, 15) is 27.6 Å². The number of rotatable bonds is 7. The summed E-state index contributed by atoms with van der Waals surface area (Å²) in [6.45, 7) is 1.59. The number of carbonyl (C=O) groups is 3. The van der Waals surface area contributed by atoms with Crippen molar-refractivity contribution in [2.45, 2.75) is 32.6 Å². The minimum Gasteiger partial charge on any atom is -0.452 e. The molecule has 0 aromatic heterocycles. The molecule has 0 unspecified atom stereocenters. The lowest BCUT2D eigenvalue weighted by molar-refractivity contribution is -0.140. The van der Waals surface area contributed by atoms with Crippen LogP contribution in [0.2, 0.25) is 0 Å². The van der Waals surface area contributed by atoms with Gasteiger partial charge in [-0.1, -0.05) is 12.1 Å². The quantitative estimate of drug-likeness (QED) is 0.633. The molecule has 26 heavy (non-hydrogen) atoms. The highest BCUT2D eigenvalue weighted by atomic mass is 19.4. The van der Waals surface area contributed by atoms with Gasteiger partial charge in [0.2, 0.25) is 0 Å². The third kappa shape index (κ3) is 8.90. The van der Waals surface area contributed by atoms with Crippen LogP contribution in [0.25, 0.3) is 0 Å². The summed E-state index contributed by atoms with van der Waals surface area (Å²) in [6.07, 6.45) is -4.53. The number of amides is 3. The molecular weight excluding hydrogens is 355 g/mol. The van der Waals surface area contributed by atoms with Gasteiger partial charge < -0.3 is 20.7 Å². The van der Waals surface area contributed by atoms with Crippen LogP contribution in [0.3, 0.4) is 0 Å². The van der Waals surface area contributed by atoms with E-state index in [4.69, 9.17) is 0 Å². The van der Waals surface area contributed by atoms with E-state index in [1.165, 1.54) is 12.1 Å². The summed E-state index contributed by atoms with van der Waals surface area (Å²) in [4.78, 5) is 34.4. The first-order valence-corrected chi connectivity index (χ1v) is 7.70. The fraction of sp³-hybridized carbons (Fsp3) is 0.438. The molecule has 0 fully saturated rings. The fourth-order valence-corrected chi connectivity index (χ4v) is 1.72. The first-order valence-electron chi connectivity index (χ1n) is 7.70. The van der Waals surface area contributed by atoms with Crippen molar-refractivity contribution in [3.05, 3.63) is 35.4 Å². The van der Waals surface area contributed by atoms with E-state index in [0.29, 0.717) is 0 Å². The number of esters is 1. The average molecular weight is 375 g/mol. The van der Waals surface area contributed by atoms with Crippen LogP contribution >= 0.6 is 0 Å². The first kappa shape index (κ1) is 21.3. The van der Waals surface area contributed by atoms with E-state index in [1.54, 1.807) is 17.4 Å². The second kappa shape index (κ2) is 9.64. The summed E-state index contributed by atoms with van der Waals surface area (Å²) in [5.41, 5.74) is 0.854. The molecule has 0 heterocycles. The molecule has 144 valence electrons. The van der Waals surface area contributed by atoms with E-state index in [-0.39, 0.29) is 24.2 Å². The zero-order valence-corrected chi connectivity index (χ0v) is 14.3. The van der Waals surface area contributed by atoms with Gasteiger partial charge in [-0.05, 0) is 31.5 Å². The van der Waals surface area contributed by atoms with Gasteiger partial charge in [0.05, 0.1) is 5.56 Å². The Balaban J connectivity index is 2.41.